The molecule has 1 rings (SSSR count). The molecule has 0 spiro atoms. The summed E-state index contributed by atoms with van der Waals surface area (Å²) in [6.07, 6.45) is 3.69. The van der Waals surface area contributed by atoms with Gasteiger partial charge in [-0.25, -0.2) is 9.97 Å². The summed E-state index contributed by atoms with van der Waals surface area (Å²) >= 11 is 3.27. The molecule has 0 saturated heterocycles. The first-order valence-corrected chi connectivity index (χ1v) is 4.37. The molecule has 2 nitrogen and oxygen atoms in total. The van der Waals surface area contributed by atoms with E-state index in [4.69, 9.17) is 0 Å². The van der Waals surface area contributed by atoms with Gasteiger partial charge in [0.1, 0.15) is 10.4 Å². The highest BCUT2D eigenvalue weighted by Gasteiger charge is 2.00. The minimum absolute atomic E-state index is 0.595. The molecule has 1 aromatic rings. The van der Waals surface area contributed by atoms with Crippen LogP contribution in [0.4, 0.5) is 0 Å². The first-order valence-electron chi connectivity index (χ1n) is 3.58. The highest BCUT2D eigenvalue weighted by molar-refractivity contribution is 9.10. The molecule has 0 unspecified atom stereocenters. The van der Waals surface area contributed by atoms with Gasteiger partial charge in [-0.2, -0.15) is 0 Å². The lowest BCUT2D eigenvalue weighted by Crippen LogP contribution is -2.00. The summed E-state index contributed by atoms with van der Waals surface area (Å²) < 4.78 is 0.808. The Morgan fingerprint density at radius 2 is 2.36 bits per heavy atom. The Morgan fingerprint density at radius 3 is 2.91 bits per heavy atom. The molecule has 0 aliphatic carbocycles. The predicted octanol–water partition coefficient (Wildman–Crippen LogP) is 2.24. The molecule has 3 heteroatoms. The maximum absolute atomic E-state index is 4.19. The largest absolute Gasteiger partial charge is 0.231 e. The van der Waals surface area contributed by atoms with Crippen LogP contribution in [0.15, 0.2) is 10.7 Å². The van der Waals surface area contributed by atoms with Gasteiger partial charge in [0.2, 0.25) is 0 Å². The van der Waals surface area contributed by atoms with Gasteiger partial charge in [0.25, 0.3) is 0 Å². The summed E-state index contributed by atoms with van der Waals surface area (Å²) in [5, 5.41) is 0. The third-order valence-corrected chi connectivity index (χ3v) is 1.61. The lowest BCUT2D eigenvalue weighted by atomic mass is 10.1. The third-order valence-electron chi connectivity index (χ3n) is 1.20. The van der Waals surface area contributed by atoms with E-state index in [1.807, 2.05) is 0 Å². The molecule has 0 aliphatic rings. The molecule has 1 aromatic heterocycles. The van der Waals surface area contributed by atoms with Crippen molar-refractivity contribution in [3.63, 3.8) is 0 Å². The van der Waals surface area contributed by atoms with Crippen LogP contribution in [0.2, 0.25) is 0 Å². The van der Waals surface area contributed by atoms with Crippen molar-refractivity contribution in [3.8, 4) is 0 Å². The van der Waals surface area contributed by atoms with E-state index in [9.17, 15) is 0 Å². The molecule has 0 aliphatic heterocycles. The van der Waals surface area contributed by atoms with Crippen molar-refractivity contribution in [2.24, 2.45) is 5.92 Å². The standard InChI is InChI=1S/C8H10BrN2/c1-6(2)5-8-10-4-3-7(9)11-8/h3,6H,5H2,1-2H3. The fourth-order valence-corrected chi connectivity index (χ4v) is 1.10. The lowest BCUT2D eigenvalue weighted by molar-refractivity contribution is 0.619. The second-order valence-corrected chi connectivity index (χ2v) is 3.65. The van der Waals surface area contributed by atoms with E-state index in [2.05, 4.69) is 45.9 Å². The number of aromatic nitrogens is 2. The molecule has 0 amide bonds. The quantitative estimate of drug-likeness (QED) is 0.705. The smallest absolute Gasteiger partial charge is 0.130 e. The number of halogens is 1. The summed E-state index contributed by atoms with van der Waals surface area (Å²) in [5.74, 6) is 1.45. The van der Waals surface area contributed by atoms with Crippen LogP contribution in [0, 0.1) is 12.1 Å². The Kier molecular flexibility index (Phi) is 3.00. The van der Waals surface area contributed by atoms with Crippen LogP contribution in [0.3, 0.4) is 0 Å². The van der Waals surface area contributed by atoms with Crippen molar-refractivity contribution in [3.05, 3.63) is 22.7 Å². The molecular weight excluding hydrogens is 204 g/mol. The molecule has 0 fully saturated rings. The van der Waals surface area contributed by atoms with E-state index in [0.29, 0.717) is 5.92 Å². The van der Waals surface area contributed by atoms with Crippen molar-refractivity contribution in [2.45, 2.75) is 20.3 Å². The molecule has 0 atom stereocenters. The summed E-state index contributed by atoms with van der Waals surface area (Å²) in [6.45, 7) is 4.29. The van der Waals surface area contributed by atoms with Crippen LogP contribution in [-0.4, -0.2) is 9.97 Å². The fraction of sp³-hybridized carbons (Fsp3) is 0.500. The first-order chi connectivity index (χ1) is 5.18. The summed E-state index contributed by atoms with van der Waals surface area (Å²) in [7, 11) is 0. The zero-order chi connectivity index (χ0) is 8.27. The van der Waals surface area contributed by atoms with E-state index in [0.717, 1.165) is 16.8 Å². The highest BCUT2D eigenvalue weighted by atomic mass is 79.9. The number of hydrogen-bond acceptors (Lipinski definition) is 2. The summed E-state index contributed by atoms with van der Waals surface area (Å²) in [4.78, 5) is 8.20. The molecule has 59 valence electrons. The Bertz CT molecular complexity index is 235. The van der Waals surface area contributed by atoms with Crippen LogP contribution in [0.5, 0.6) is 0 Å². The highest BCUT2D eigenvalue weighted by Crippen LogP contribution is 2.06. The van der Waals surface area contributed by atoms with Crippen LogP contribution in [-0.2, 0) is 6.42 Å². The van der Waals surface area contributed by atoms with Crippen LogP contribution < -0.4 is 0 Å². The van der Waals surface area contributed by atoms with Crippen molar-refractivity contribution in [1.29, 1.82) is 0 Å². The molecular formula is C8H10BrN2. The number of hydrogen-bond donors (Lipinski definition) is 0. The second kappa shape index (κ2) is 3.81. The van der Waals surface area contributed by atoms with E-state index in [1.165, 1.54) is 0 Å². The Labute approximate surface area is 75.2 Å². The zero-order valence-corrected chi connectivity index (χ0v) is 8.22. The SMILES string of the molecule is CC(C)Cc1n[c]cc(Br)n1. The van der Waals surface area contributed by atoms with Crippen molar-refractivity contribution >= 4 is 15.9 Å². The van der Waals surface area contributed by atoms with Crippen LogP contribution in [0.25, 0.3) is 0 Å². The second-order valence-electron chi connectivity index (χ2n) is 2.83. The van der Waals surface area contributed by atoms with Gasteiger partial charge in [-0.1, -0.05) is 13.8 Å². The molecule has 11 heavy (non-hydrogen) atoms. The van der Waals surface area contributed by atoms with Crippen LogP contribution in [0.1, 0.15) is 19.7 Å². The molecule has 0 bridgehead atoms. The monoisotopic (exact) mass is 213 g/mol. The zero-order valence-electron chi connectivity index (χ0n) is 6.63. The van der Waals surface area contributed by atoms with E-state index in [1.54, 1.807) is 6.07 Å². The van der Waals surface area contributed by atoms with E-state index < -0.39 is 0 Å². The Hall–Kier alpha value is -0.440. The lowest BCUT2D eigenvalue weighted by Gasteiger charge is -2.01. The molecule has 0 aromatic carbocycles. The van der Waals surface area contributed by atoms with Gasteiger partial charge in [0.15, 0.2) is 0 Å². The maximum atomic E-state index is 4.19. The van der Waals surface area contributed by atoms with Gasteiger partial charge >= 0.3 is 0 Å². The molecule has 0 N–H and O–H groups in total. The van der Waals surface area contributed by atoms with Gasteiger partial charge in [0.05, 0.1) is 6.20 Å². The molecule has 0 saturated carbocycles. The average molecular weight is 214 g/mol. The Morgan fingerprint density at radius 1 is 1.64 bits per heavy atom. The number of rotatable bonds is 2. The summed E-state index contributed by atoms with van der Waals surface area (Å²) in [5.41, 5.74) is 0. The number of nitrogens with zero attached hydrogens (tertiary/aromatic N) is 2. The minimum Gasteiger partial charge on any atom is -0.231 e. The van der Waals surface area contributed by atoms with E-state index in [-0.39, 0.29) is 0 Å². The third kappa shape index (κ3) is 2.97. The van der Waals surface area contributed by atoms with E-state index >= 15 is 0 Å². The van der Waals surface area contributed by atoms with Gasteiger partial charge in [-0.05, 0) is 27.9 Å². The summed E-state index contributed by atoms with van der Waals surface area (Å²) in [6, 6.07) is 1.71. The van der Waals surface area contributed by atoms with Gasteiger partial charge < -0.3 is 0 Å². The topological polar surface area (TPSA) is 25.8 Å². The minimum atomic E-state index is 0.595. The van der Waals surface area contributed by atoms with Crippen molar-refractivity contribution < 1.29 is 0 Å². The van der Waals surface area contributed by atoms with Gasteiger partial charge in [0, 0.05) is 6.42 Å². The van der Waals surface area contributed by atoms with Gasteiger partial charge in [-0.3, -0.25) is 0 Å². The van der Waals surface area contributed by atoms with Crippen molar-refractivity contribution in [1.82, 2.24) is 9.97 Å². The maximum Gasteiger partial charge on any atom is 0.130 e. The average Bonchev–Trinajstić information content (AvgIpc) is 1.85. The first kappa shape index (κ1) is 8.65. The van der Waals surface area contributed by atoms with Crippen LogP contribution >= 0.6 is 15.9 Å². The molecule has 1 radical (unpaired) electrons. The van der Waals surface area contributed by atoms with Gasteiger partial charge in [-0.15, -0.1) is 0 Å². The molecule has 1 heterocycles. The fourth-order valence-electron chi connectivity index (χ4n) is 0.797. The van der Waals surface area contributed by atoms with Crippen molar-refractivity contribution in [2.75, 3.05) is 0 Å². The normalized spacial score (nSPS) is 10.5. The Balaban J connectivity index is 2.71. The predicted molar refractivity (Wildman–Crippen MR) is 47.1 cm³/mol.